The maximum Gasteiger partial charge on any atom is 0.187 e. The molecule has 3 rings (SSSR count). The summed E-state index contributed by atoms with van der Waals surface area (Å²) < 4.78 is 27.0. The zero-order valence-electron chi connectivity index (χ0n) is 17.3. The Morgan fingerprint density at radius 2 is 1.25 bits per heavy atom. The van der Waals surface area contributed by atoms with Gasteiger partial charge in [0.1, 0.15) is 54.9 Å². The fourth-order valence-electron chi connectivity index (χ4n) is 3.91. The van der Waals surface area contributed by atoms with E-state index in [1.807, 2.05) is 0 Å². The van der Waals surface area contributed by atoms with Crippen LogP contribution < -0.4 is 0 Å². The first-order chi connectivity index (χ1) is 15.1. The molecule has 0 aromatic rings. The summed E-state index contributed by atoms with van der Waals surface area (Å²) in [6, 6.07) is 0. The minimum atomic E-state index is -1.82. The lowest BCUT2D eigenvalue weighted by atomic mass is 9.96. The van der Waals surface area contributed by atoms with Crippen LogP contribution in [-0.2, 0) is 23.7 Å². The summed E-state index contributed by atoms with van der Waals surface area (Å²) >= 11 is 0. The van der Waals surface area contributed by atoms with E-state index in [9.17, 15) is 46.0 Å². The first-order valence-electron chi connectivity index (χ1n) is 10.3. The molecular weight excluding hydrogens is 440 g/mol. The lowest BCUT2D eigenvalue weighted by Gasteiger charge is -2.47. The largest absolute Gasteiger partial charge is 0.394 e. The van der Waals surface area contributed by atoms with Crippen molar-refractivity contribution in [1.29, 1.82) is 0 Å². The Bertz CT molecular complexity index is 594. The number of ether oxygens (including phenoxy) is 5. The highest BCUT2D eigenvalue weighted by atomic mass is 16.8. The van der Waals surface area contributed by atoms with Gasteiger partial charge >= 0.3 is 0 Å². The van der Waals surface area contributed by atoms with E-state index in [0.29, 0.717) is 0 Å². The molecule has 3 fully saturated rings. The molecule has 3 aliphatic heterocycles. The van der Waals surface area contributed by atoms with Gasteiger partial charge in [-0.3, -0.25) is 0 Å². The highest BCUT2D eigenvalue weighted by molar-refractivity contribution is 4.95. The predicted octanol–water partition coefficient (Wildman–Crippen LogP) is -5.52. The zero-order valence-corrected chi connectivity index (χ0v) is 17.3. The third-order valence-electron chi connectivity index (χ3n) is 5.94. The molecule has 14 nitrogen and oxygen atoms in total. The molecule has 32 heavy (non-hydrogen) atoms. The van der Waals surface area contributed by atoms with Crippen LogP contribution in [-0.4, -0.2) is 145 Å². The number of hydrogen-bond donors (Lipinski definition) is 9. The van der Waals surface area contributed by atoms with Gasteiger partial charge in [0, 0.05) is 6.42 Å². The fraction of sp³-hybridized carbons (Fsp3) is 1.00. The van der Waals surface area contributed by atoms with Crippen molar-refractivity contribution in [2.24, 2.45) is 0 Å². The molecule has 0 aromatic heterocycles. The first kappa shape index (κ1) is 26.1. The Morgan fingerprint density at radius 1 is 0.656 bits per heavy atom. The van der Waals surface area contributed by atoms with Gasteiger partial charge in [0.25, 0.3) is 0 Å². The van der Waals surface area contributed by atoms with Crippen LogP contribution in [0.5, 0.6) is 0 Å². The Morgan fingerprint density at radius 3 is 1.88 bits per heavy atom. The summed E-state index contributed by atoms with van der Waals surface area (Å²) in [5.74, 6) is 0. The molecule has 0 radical (unpaired) electrons. The van der Waals surface area contributed by atoms with Crippen molar-refractivity contribution in [2.75, 3.05) is 13.2 Å². The molecule has 0 aromatic carbocycles. The Hall–Kier alpha value is -0.560. The summed E-state index contributed by atoms with van der Waals surface area (Å²) in [5.41, 5.74) is 0. The number of aliphatic hydroxyl groups excluding tert-OH is 9. The van der Waals surface area contributed by atoms with Crippen molar-refractivity contribution in [1.82, 2.24) is 0 Å². The summed E-state index contributed by atoms with van der Waals surface area (Å²) in [5, 5.41) is 89.9. The quantitative estimate of drug-likeness (QED) is 0.176. The zero-order chi connectivity index (χ0) is 23.7. The van der Waals surface area contributed by atoms with Crippen LogP contribution in [0.15, 0.2) is 0 Å². The summed E-state index contributed by atoms with van der Waals surface area (Å²) in [7, 11) is 0. The van der Waals surface area contributed by atoms with Crippen molar-refractivity contribution in [3.05, 3.63) is 0 Å². The molecule has 3 aliphatic rings. The van der Waals surface area contributed by atoms with E-state index in [2.05, 4.69) is 0 Å². The van der Waals surface area contributed by atoms with Crippen molar-refractivity contribution in [2.45, 2.75) is 99.4 Å². The molecule has 14 heteroatoms. The number of aliphatic hydroxyl groups is 9. The van der Waals surface area contributed by atoms with Gasteiger partial charge in [-0.25, -0.2) is 0 Å². The normalized spacial score (nSPS) is 52.7. The smallest absolute Gasteiger partial charge is 0.187 e. The summed E-state index contributed by atoms with van der Waals surface area (Å²) in [6.07, 6.45) is -20.4. The van der Waals surface area contributed by atoms with Crippen molar-refractivity contribution in [3.63, 3.8) is 0 Å². The van der Waals surface area contributed by atoms with E-state index in [4.69, 9.17) is 23.7 Å². The van der Waals surface area contributed by atoms with Crippen LogP contribution in [0.25, 0.3) is 0 Å². The standard InChI is InChI=1S/C18H32O14/c1-5-6(21)2-7(22)17(28-5)31-14-11(24)9(4-20)29-16(27)15(14)32-18-13(26)12(25)10(23)8(3-19)30-18/h5-27H,2-4H2,1H3/t5-,6-,7-,8-,9-,10+,11-,12+,13-,14+,15+,16?,17?,18?/m1/s1. The van der Waals surface area contributed by atoms with E-state index < -0.39 is 99.2 Å². The maximum absolute atomic E-state index is 10.6. The van der Waals surface area contributed by atoms with Gasteiger partial charge in [-0.15, -0.1) is 0 Å². The van der Waals surface area contributed by atoms with Crippen LogP contribution in [0, 0.1) is 0 Å². The van der Waals surface area contributed by atoms with E-state index in [0.717, 1.165) is 0 Å². The van der Waals surface area contributed by atoms with E-state index in [1.54, 1.807) is 6.92 Å². The molecule has 3 unspecified atom stereocenters. The third kappa shape index (κ3) is 5.24. The molecule has 3 heterocycles. The Labute approximate surface area is 183 Å². The molecule has 3 saturated heterocycles. The van der Waals surface area contributed by atoms with Gasteiger partial charge in [-0.2, -0.15) is 0 Å². The minimum Gasteiger partial charge on any atom is -0.394 e. The lowest BCUT2D eigenvalue weighted by molar-refractivity contribution is -0.382. The second-order valence-electron chi connectivity index (χ2n) is 8.22. The van der Waals surface area contributed by atoms with Crippen LogP contribution in [0.2, 0.25) is 0 Å². The van der Waals surface area contributed by atoms with Crippen molar-refractivity contribution >= 4 is 0 Å². The monoisotopic (exact) mass is 472 g/mol. The Kier molecular flexibility index (Phi) is 8.79. The molecule has 0 aliphatic carbocycles. The van der Waals surface area contributed by atoms with Gasteiger partial charge in [0.2, 0.25) is 0 Å². The van der Waals surface area contributed by atoms with Gasteiger partial charge in [-0.05, 0) is 6.92 Å². The molecule has 14 atom stereocenters. The van der Waals surface area contributed by atoms with Gasteiger partial charge in [0.15, 0.2) is 18.9 Å². The van der Waals surface area contributed by atoms with Crippen molar-refractivity contribution in [3.8, 4) is 0 Å². The number of rotatable bonds is 6. The SMILES string of the molecule is C[C@H]1OC(O[C@H]2[C@H](O)[C@@H](CO)OC(O)[C@H]2OC2O[C@H](CO)[C@H](O)[C@H](O)[C@H]2O)[C@H](O)C[C@H]1O. The van der Waals surface area contributed by atoms with Crippen LogP contribution in [0.1, 0.15) is 13.3 Å². The predicted molar refractivity (Wildman–Crippen MR) is 98.5 cm³/mol. The Balaban J connectivity index is 1.79. The second-order valence-corrected chi connectivity index (χ2v) is 8.22. The minimum absolute atomic E-state index is 0.0879. The fourth-order valence-corrected chi connectivity index (χ4v) is 3.91. The van der Waals surface area contributed by atoms with E-state index >= 15 is 0 Å². The van der Waals surface area contributed by atoms with Crippen molar-refractivity contribution < 1.29 is 69.6 Å². The average molecular weight is 472 g/mol. The second kappa shape index (κ2) is 10.8. The van der Waals surface area contributed by atoms with Gasteiger partial charge < -0.3 is 69.6 Å². The van der Waals surface area contributed by atoms with E-state index in [-0.39, 0.29) is 6.42 Å². The highest BCUT2D eigenvalue weighted by Gasteiger charge is 2.52. The molecule has 188 valence electrons. The molecule has 0 bridgehead atoms. The van der Waals surface area contributed by atoms with Crippen LogP contribution in [0.4, 0.5) is 0 Å². The number of hydrogen-bond acceptors (Lipinski definition) is 14. The molecular formula is C18H32O14. The lowest BCUT2D eigenvalue weighted by Crippen LogP contribution is -2.65. The maximum atomic E-state index is 10.6. The molecule has 0 amide bonds. The topological polar surface area (TPSA) is 228 Å². The van der Waals surface area contributed by atoms with Crippen LogP contribution >= 0.6 is 0 Å². The summed E-state index contributed by atoms with van der Waals surface area (Å²) in [6.45, 7) is 0.126. The average Bonchev–Trinajstić information content (AvgIpc) is 2.76. The first-order valence-corrected chi connectivity index (χ1v) is 10.3. The molecule has 0 saturated carbocycles. The van der Waals surface area contributed by atoms with Gasteiger partial charge in [0.05, 0.1) is 25.4 Å². The van der Waals surface area contributed by atoms with E-state index in [1.165, 1.54) is 0 Å². The summed E-state index contributed by atoms with van der Waals surface area (Å²) in [4.78, 5) is 0. The van der Waals surface area contributed by atoms with Crippen LogP contribution in [0.3, 0.4) is 0 Å². The third-order valence-corrected chi connectivity index (χ3v) is 5.94. The molecule has 9 N–H and O–H groups in total. The van der Waals surface area contributed by atoms with Gasteiger partial charge in [-0.1, -0.05) is 0 Å². The highest BCUT2D eigenvalue weighted by Crippen LogP contribution is 2.32. The molecule has 0 spiro atoms.